The van der Waals surface area contributed by atoms with Crippen molar-refractivity contribution in [2.75, 3.05) is 0 Å². The third-order valence-corrected chi connectivity index (χ3v) is 4.37. The van der Waals surface area contributed by atoms with Gasteiger partial charge in [-0.05, 0) is 48.6 Å². The molecule has 0 aliphatic rings. The molecule has 21 heavy (non-hydrogen) atoms. The minimum absolute atomic E-state index is 0.504. The molecule has 106 valence electrons. The molecule has 0 unspecified atom stereocenters. The Balaban J connectivity index is 2.19. The number of H-pyrrole nitrogens is 1. The number of aromatic amines is 1. The summed E-state index contributed by atoms with van der Waals surface area (Å²) in [6.45, 7) is 0. The first kappa shape index (κ1) is 14.7. The van der Waals surface area contributed by atoms with Crippen LogP contribution in [-0.2, 0) is 0 Å². The van der Waals surface area contributed by atoms with E-state index < -0.39 is 0 Å². The van der Waals surface area contributed by atoms with Crippen molar-refractivity contribution in [1.29, 1.82) is 0 Å². The average molecular weight is 356 g/mol. The van der Waals surface area contributed by atoms with E-state index in [0.29, 0.717) is 19.8 Å². The van der Waals surface area contributed by atoms with Gasteiger partial charge >= 0.3 is 0 Å². The van der Waals surface area contributed by atoms with Gasteiger partial charge in [0, 0.05) is 22.5 Å². The molecule has 0 aliphatic heterocycles. The number of halogens is 3. The molecule has 1 heterocycles. The molecule has 0 atom stereocenters. The molecule has 0 saturated carbocycles. The van der Waals surface area contributed by atoms with E-state index in [2.05, 4.69) is 4.98 Å². The maximum Gasteiger partial charge on any atom is 0.182 e. The first-order chi connectivity index (χ1) is 10.1. The Hall–Kier alpha value is -1.26. The third kappa shape index (κ3) is 2.87. The molecule has 0 bridgehead atoms. The molecule has 0 aliphatic carbocycles. The Labute approximate surface area is 141 Å². The van der Waals surface area contributed by atoms with Crippen molar-refractivity contribution in [3.05, 3.63) is 68.5 Å². The van der Waals surface area contributed by atoms with Crippen molar-refractivity contribution in [2.45, 2.75) is 0 Å². The monoisotopic (exact) mass is 354 g/mol. The summed E-state index contributed by atoms with van der Waals surface area (Å²) in [5, 5.41) is 1.70. The standard InChI is InChI=1S/C15H9Cl3N2S/c16-10-2-4-11(5-3-10)20-14(8-19-15(20)21)9-1-6-12(17)13(18)7-9/h1-8H,(H,19,21). The van der Waals surface area contributed by atoms with Gasteiger partial charge in [-0.25, -0.2) is 0 Å². The van der Waals surface area contributed by atoms with Gasteiger partial charge < -0.3 is 4.98 Å². The predicted molar refractivity (Wildman–Crippen MR) is 91.4 cm³/mol. The van der Waals surface area contributed by atoms with Crippen LogP contribution in [0.4, 0.5) is 0 Å². The van der Waals surface area contributed by atoms with Crippen molar-refractivity contribution in [2.24, 2.45) is 0 Å². The van der Waals surface area contributed by atoms with Crippen molar-refractivity contribution < 1.29 is 0 Å². The number of hydrogen-bond acceptors (Lipinski definition) is 1. The average Bonchev–Trinajstić information content (AvgIpc) is 2.85. The zero-order valence-electron chi connectivity index (χ0n) is 10.6. The maximum absolute atomic E-state index is 6.09. The van der Waals surface area contributed by atoms with Gasteiger partial charge in [-0.15, -0.1) is 0 Å². The van der Waals surface area contributed by atoms with Crippen LogP contribution in [0.3, 0.4) is 0 Å². The molecular formula is C15H9Cl3N2S. The molecule has 0 saturated heterocycles. The number of nitrogens with zero attached hydrogens (tertiary/aromatic N) is 1. The van der Waals surface area contributed by atoms with E-state index in [-0.39, 0.29) is 0 Å². The van der Waals surface area contributed by atoms with E-state index in [1.165, 1.54) is 0 Å². The molecule has 0 fully saturated rings. The van der Waals surface area contributed by atoms with Gasteiger partial charge in [-0.2, -0.15) is 0 Å². The van der Waals surface area contributed by atoms with Crippen LogP contribution >= 0.6 is 47.0 Å². The summed E-state index contributed by atoms with van der Waals surface area (Å²) >= 11 is 23.4. The second-order valence-electron chi connectivity index (χ2n) is 4.42. The van der Waals surface area contributed by atoms with Crippen LogP contribution in [0.1, 0.15) is 0 Å². The Morgan fingerprint density at radius 3 is 2.29 bits per heavy atom. The molecule has 1 N–H and O–H groups in total. The van der Waals surface area contributed by atoms with Crippen LogP contribution in [0.5, 0.6) is 0 Å². The highest BCUT2D eigenvalue weighted by Gasteiger charge is 2.10. The number of benzene rings is 2. The van der Waals surface area contributed by atoms with E-state index in [0.717, 1.165) is 16.9 Å². The molecule has 0 radical (unpaired) electrons. The highest BCUT2D eigenvalue weighted by Crippen LogP contribution is 2.30. The molecule has 3 rings (SSSR count). The van der Waals surface area contributed by atoms with Crippen LogP contribution in [0.2, 0.25) is 15.1 Å². The largest absolute Gasteiger partial charge is 0.336 e. The van der Waals surface area contributed by atoms with Crippen LogP contribution in [0.25, 0.3) is 16.9 Å². The van der Waals surface area contributed by atoms with Gasteiger partial charge in [-0.3, -0.25) is 4.57 Å². The quantitative estimate of drug-likeness (QED) is 0.546. The van der Waals surface area contributed by atoms with E-state index in [1.807, 2.05) is 47.2 Å². The first-order valence-electron chi connectivity index (χ1n) is 6.08. The molecule has 1 aromatic heterocycles. The molecule has 6 heteroatoms. The van der Waals surface area contributed by atoms with Gasteiger partial charge in [0.25, 0.3) is 0 Å². The molecule has 2 nitrogen and oxygen atoms in total. The van der Waals surface area contributed by atoms with Crippen molar-refractivity contribution in [3.63, 3.8) is 0 Å². The fourth-order valence-corrected chi connectivity index (χ4v) is 2.77. The second-order valence-corrected chi connectivity index (χ2v) is 6.06. The smallest absolute Gasteiger partial charge is 0.182 e. The normalized spacial score (nSPS) is 10.8. The Kier molecular flexibility index (Phi) is 4.09. The fourth-order valence-electron chi connectivity index (χ4n) is 2.08. The lowest BCUT2D eigenvalue weighted by molar-refractivity contribution is 1.04. The van der Waals surface area contributed by atoms with Crippen LogP contribution in [0.15, 0.2) is 48.7 Å². The zero-order valence-corrected chi connectivity index (χ0v) is 13.7. The summed E-state index contributed by atoms with van der Waals surface area (Å²) in [7, 11) is 0. The summed E-state index contributed by atoms with van der Waals surface area (Å²) in [5.41, 5.74) is 2.75. The fraction of sp³-hybridized carbons (Fsp3) is 0. The van der Waals surface area contributed by atoms with Crippen LogP contribution in [0, 0.1) is 4.77 Å². The van der Waals surface area contributed by atoms with Crippen molar-refractivity contribution in [3.8, 4) is 16.9 Å². The molecular weight excluding hydrogens is 347 g/mol. The molecule has 3 aromatic rings. The number of rotatable bonds is 2. The minimum Gasteiger partial charge on any atom is -0.336 e. The van der Waals surface area contributed by atoms with Gasteiger partial charge in [0.2, 0.25) is 0 Å². The summed E-state index contributed by atoms with van der Waals surface area (Å²) in [4.78, 5) is 3.05. The van der Waals surface area contributed by atoms with E-state index in [9.17, 15) is 0 Å². The first-order valence-corrected chi connectivity index (χ1v) is 7.62. The highest BCUT2D eigenvalue weighted by molar-refractivity contribution is 7.71. The van der Waals surface area contributed by atoms with E-state index in [4.69, 9.17) is 47.0 Å². The van der Waals surface area contributed by atoms with Gasteiger partial charge in [0.05, 0.1) is 15.7 Å². The third-order valence-electron chi connectivity index (χ3n) is 3.08. The Morgan fingerprint density at radius 1 is 0.905 bits per heavy atom. The zero-order chi connectivity index (χ0) is 15.0. The van der Waals surface area contributed by atoms with Gasteiger partial charge in [0.15, 0.2) is 4.77 Å². The van der Waals surface area contributed by atoms with E-state index >= 15 is 0 Å². The van der Waals surface area contributed by atoms with Crippen molar-refractivity contribution >= 4 is 47.0 Å². The summed E-state index contributed by atoms with van der Waals surface area (Å²) < 4.78 is 2.52. The molecule has 2 aromatic carbocycles. The maximum atomic E-state index is 6.09. The number of imidazole rings is 1. The summed E-state index contributed by atoms with van der Waals surface area (Å²) in [6, 6.07) is 12.9. The second kappa shape index (κ2) is 5.85. The van der Waals surface area contributed by atoms with Gasteiger partial charge in [-0.1, -0.05) is 40.9 Å². The molecule has 0 amide bonds. The van der Waals surface area contributed by atoms with Crippen molar-refractivity contribution in [1.82, 2.24) is 9.55 Å². The number of aromatic nitrogens is 2. The van der Waals surface area contributed by atoms with E-state index in [1.54, 1.807) is 6.07 Å². The Morgan fingerprint density at radius 2 is 1.62 bits per heavy atom. The van der Waals surface area contributed by atoms with Gasteiger partial charge in [0.1, 0.15) is 0 Å². The lowest BCUT2D eigenvalue weighted by Crippen LogP contribution is -1.96. The minimum atomic E-state index is 0.504. The number of nitrogens with one attached hydrogen (secondary N) is 1. The predicted octanol–water partition coefficient (Wildman–Crippen LogP) is 6.16. The molecule has 0 spiro atoms. The number of hydrogen-bond donors (Lipinski definition) is 1. The summed E-state index contributed by atoms with van der Waals surface area (Å²) in [6.07, 6.45) is 1.84. The highest BCUT2D eigenvalue weighted by atomic mass is 35.5. The Bertz CT molecular complexity index is 850. The lowest BCUT2D eigenvalue weighted by atomic mass is 10.1. The topological polar surface area (TPSA) is 20.7 Å². The SMILES string of the molecule is S=c1[nH]cc(-c2ccc(Cl)c(Cl)c2)n1-c1ccc(Cl)cc1. The summed E-state index contributed by atoms with van der Waals surface area (Å²) in [5.74, 6) is 0. The van der Waals surface area contributed by atoms with Crippen LogP contribution < -0.4 is 0 Å². The lowest BCUT2D eigenvalue weighted by Gasteiger charge is -2.09. The van der Waals surface area contributed by atoms with Crippen LogP contribution in [-0.4, -0.2) is 9.55 Å².